The average molecular weight is 291 g/mol. The first-order valence-electron chi connectivity index (χ1n) is 5.32. The highest BCUT2D eigenvalue weighted by atomic mass is 32.2. The number of aromatic nitrogens is 2. The van der Waals surface area contributed by atoms with Crippen LogP contribution in [-0.2, 0) is 14.8 Å². The number of aromatic amines is 2. The quantitative estimate of drug-likeness (QED) is 0.506. The van der Waals surface area contributed by atoms with E-state index in [0.717, 1.165) is 6.20 Å². The molecule has 4 N–H and O–H groups in total. The second kappa shape index (κ2) is 5.80. The van der Waals surface area contributed by atoms with E-state index in [-0.39, 0.29) is 6.42 Å². The number of hydrogen-bond acceptors (Lipinski definition) is 5. The second-order valence-electron chi connectivity index (χ2n) is 3.76. The maximum Gasteiger partial charge on any atom is 0.325 e. The molecule has 1 rings (SSSR count). The maximum absolute atomic E-state index is 11.9. The molecule has 1 aromatic heterocycles. The molecule has 1 aromatic rings. The first-order valence-corrected chi connectivity index (χ1v) is 6.80. The minimum Gasteiger partial charge on any atom is -0.481 e. The molecule has 0 bridgehead atoms. The summed E-state index contributed by atoms with van der Waals surface area (Å²) in [5.74, 6) is -1.16. The molecule has 0 aliphatic heterocycles. The Morgan fingerprint density at radius 3 is 2.58 bits per heavy atom. The largest absolute Gasteiger partial charge is 0.481 e. The topological polar surface area (TPSA) is 149 Å². The van der Waals surface area contributed by atoms with Gasteiger partial charge in [-0.15, -0.1) is 0 Å². The van der Waals surface area contributed by atoms with E-state index >= 15 is 0 Å². The molecule has 0 spiro atoms. The van der Waals surface area contributed by atoms with Crippen LogP contribution in [0.2, 0.25) is 0 Å². The molecule has 106 valence electrons. The Labute approximate surface area is 107 Å². The van der Waals surface area contributed by atoms with Gasteiger partial charge < -0.3 is 10.1 Å². The Balaban J connectivity index is 3.07. The third-order valence-electron chi connectivity index (χ3n) is 2.31. The van der Waals surface area contributed by atoms with Crippen molar-refractivity contribution in [3.05, 3.63) is 27.0 Å². The van der Waals surface area contributed by atoms with Crippen molar-refractivity contribution in [2.24, 2.45) is 0 Å². The zero-order chi connectivity index (χ0) is 14.6. The minimum absolute atomic E-state index is 0.243. The van der Waals surface area contributed by atoms with Gasteiger partial charge in [-0.2, -0.15) is 0 Å². The maximum atomic E-state index is 11.9. The molecule has 9 nitrogen and oxygen atoms in total. The van der Waals surface area contributed by atoms with Crippen molar-refractivity contribution < 1.29 is 18.3 Å². The van der Waals surface area contributed by atoms with Crippen molar-refractivity contribution in [2.45, 2.75) is 30.7 Å². The van der Waals surface area contributed by atoms with Gasteiger partial charge in [0.1, 0.15) is 0 Å². The van der Waals surface area contributed by atoms with Crippen LogP contribution in [0, 0.1) is 0 Å². The van der Waals surface area contributed by atoms with Crippen LogP contribution in [0.3, 0.4) is 0 Å². The second-order valence-corrected chi connectivity index (χ2v) is 5.44. The van der Waals surface area contributed by atoms with Gasteiger partial charge >= 0.3 is 11.7 Å². The van der Waals surface area contributed by atoms with Crippen LogP contribution in [0.25, 0.3) is 0 Å². The number of nitrogens with one attached hydrogen (secondary N) is 3. The zero-order valence-electron chi connectivity index (χ0n) is 9.97. The van der Waals surface area contributed by atoms with E-state index in [2.05, 4.69) is 4.72 Å². The van der Waals surface area contributed by atoms with E-state index in [1.54, 1.807) is 11.9 Å². The zero-order valence-corrected chi connectivity index (χ0v) is 10.8. The summed E-state index contributed by atoms with van der Waals surface area (Å²) in [6.07, 6.45) is 0.598. The molecule has 1 unspecified atom stereocenters. The third kappa shape index (κ3) is 4.03. The van der Waals surface area contributed by atoms with Crippen molar-refractivity contribution >= 4 is 16.0 Å². The van der Waals surface area contributed by atoms with Crippen molar-refractivity contribution in [1.82, 2.24) is 14.7 Å². The Bertz CT molecular complexity index is 674. The van der Waals surface area contributed by atoms with Gasteiger partial charge in [0, 0.05) is 12.2 Å². The summed E-state index contributed by atoms with van der Waals surface area (Å²) in [5, 5.41) is 8.62. The van der Waals surface area contributed by atoms with E-state index in [9.17, 15) is 22.8 Å². The molecule has 0 saturated carbocycles. The van der Waals surface area contributed by atoms with E-state index in [4.69, 9.17) is 5.11 Å². The summed E-state index contributed by atoms with van der Waals surface area (Å²) >= 11 is 0. The molecule has 0 aliphatic carbocycles. The van der Waals surface area contributed by atoms with Crippen LogP contribution in [0.4, 0.5) is 0 Å². The SMILES string of the molecule is CCC(CC(=O)O)NS(=O)(=O)c1c[nH]c(=O)[nH]c1=O. The van der Waals surface area contributed by atoms with Crippen LogP contribution in [0.5, 0.6) is 0 Å². The predicted octanol–water partition coefficient (Wildman–Crippen LogP) is -1.41. The highest BCUT2D eigenvalue weighted by Gasteiger charge is 2.23. The molecule has 19 heavy (non-hydrogen) atoms. The van der Waals surface area contributed by atoms with Gasteiger partial charge in [0.15, 0.2) is 4.90 Å². The van der Waals surface area contributed by atoms with E-state index < -0.39 is 44.6 Å². The molecule has 0 aromatic carbocycles. The fraction of sp³-hybridized carbons (Fsp3) is 0.444. The number of hydrogen-bond donors (Lipinski definition) is 4. The molecule has 0 aliphatic rings. The van der Waals surface area contributed by atoms with Crippen molar-refractivity contribution in [2.75, 3.05) is 0 Å². The fourth-order valence-electron chi connectivity index (χ4n) is 1.36. The molecule has 0 amide bonds. The normalized spacial score (nSPS) is 13.1. The van der Waals surface area contributed by atoms with Gasteiger partial charge in [0.05, 0.1) is 6.42 Å². The van der Waals surface area contributed by atoms with Gasteiger partial charge in [0.2, 0.25) is 10.0 Å². The van der Waals surface area contributed by atoms with Crippen LogP contribution in [-0.4, -0.2) is 35.5 Å². The molecule has 1 heterocycles. The predicted molar refractivity (Wildman–Crippen MR) is 64.3 cm³/mol. The number of rotatable bonds is 6. The lowest BCUT2D eigenvalue weighted by atomic mass is 10.2. The van der Waals surface area contributed by atoms with Crippen molar-refractivity contribution in [3.63, 3.8) is 0 Å². The molecule has 1 atom stereocenters. The van der Waals surface area contributed by atoms with E-state index in [1.807, 2.05) is 4.98 Å². The number of carboxylic acids is 1. The summed E-state index contributed by atoms with van der Waals surface area (Å²) in [7, 11) is -4.19. The molecule has 0 radical (unpaired) electrons. The molecular weight excluding hydrogens is 278 g/mol. The third-order valence-corrected chi connectivity index (χ3v) is 3.84. The first-order chi connectivity index (χ1) is 8.76. The summed E-state index contributed by atoms with van der Waals surface area (Å²) in [5.41, 5.74) is -1.90. The number of carbonyl (C=O) groups is 1. The summed E-state index contributed by atoms with van der Waals surface area (Å²) in [6.45, 7) is 1.60. The lowest BCUT2D eigenvalue weighted by Gasteiger charge is -2.14. The average Bonchev–Trinajstić information content (AvgIpc) is 2.26. The van der Waals surface area contributed by atoms with Crippen LogP contribution < -0.4 is 16.0 Å². The summed E-state index contributed by atoms with van der Waals surface area (Å²) < 4.78 is 25.8. The Morgan fingerprint density at radius 2 is 2.11 bits per heavy atom. The standard InChI is InChI=1S/C9H13N3O6S/c1-2-5(3-7(13)14)12-19(17,18)6-4-10-9(16)11-8(6)15/h4-5,12H,2-3H2,1H3,(H,13,14)(H2,10,11,15,16). The van der Waals surface area contributed by atoms with Gasteiger partial charge in [-0.1, -0.05) is 6.92 Å². The van der Waals surface area contributed by atoms with Crippen molar-refractivity contribution in [1.29, 1.82) is 0 Å². The molecule has 0 fully saturated rings. The van der Waals surface area contributed by atoms with Gasteiger partial charge in [0.25, 0.3) is 5.56 Å². The molecule has 0 saturated heterocycles. The number of aliphatic carboxylic acids is 1. The highest BCUT2D eigenvalue weighted by molar-refractivity contribution is 7.89. The minimum atomic E-state index is -4.19. The van der Waals surface area contributed by atoms with Gasteiger partial charge in [-0.3, -0.25) is 14.6 Å². The fourth-order valence-corrected chi connectivity index (χ4v) is 2.69. The molecule has 10 heteroatoms. The van der Waals surface area contributed by atoms with Gasteiger partial charge in [-0.25, -0.2) is 17.9 Å². The highest BCUT2D eigenvalue weighted by Crippen LogP contribution is 2.05. The Kier molecular flexibility index (Phi) is 4.62. The number of H-pyrrole nitrogens is 2. The number of sulfonamides is 1. The van der Waals surface area contributed by atoms with Crippen LogP contribution in [0.15, 0.2) is 20.7 Å². The van der Waals surface area contributed by atoms with E-state index in [1.165, 1.54) is 0 Å². The van der Waals surface area contributed by atoms with Crippen LogP contribution >= 0.6 is 0 Å². The van der Waals surface area contributed by atoms with E-state index in [0.29, 0.717) is 0 Å². The smallest absolute Gasteiger partial charge is 0.325 e. The lowest BCUT2D eigenvalue weighted by molar-refractivity contribution is -0.137. The number of carboxylic acid groups (broad SMARTS) is 1. The summed E-state index contributed by atoms with van der Waals surface area (Å²) in [4.78, 5) is 35.8. The lowest BCUT2D eigenvalue weighted by Crippen LogP contribution is -2.39. The summed E-state index contributed by atoms with van der Waals surface area (Å²) in [6, 6.07) is -0.839. The Morgan fingerprint density at radius 1 is 1.47 bits per heavy atom. The van der Waals surface area contributed by atoms with Crippen molar-refractivity contribution in [3.8, 4) is 0 Å². The monoisotopic (exact) mass is 291 g/mol. The first kappa shape index (κ1) is 15.1. The van der Waals surface area contributed by atoms with Crippen LogP contribution in [0.1, 0.15) is 19.8 Å². The van der Waals surface area contributed by atoms with Gasteiger partial charge in [-0.05, 0) is 6.42 Å². The Hall–Kier alpha value is -1.94. The molecular formula is C9H13N3O6S.